The molecule has 2 atom stereocenters. The maximum atomic E-state index is 5.98. The van der Waals surface area contributed by atoms with E-state index in [1.807, 2.05) is 18.2 Å². The lowest BCUT2D eigenvalue weighted by Gasteiger charge is -2.22. The van der Waals surface area contributed by atoms with Gasteiger partial charge in [0.15, 0.2) is 5.96 Å². The summed E-state index contributed by atoms with van der Waals surface area (Å²) in [6.45, 7) is 8.13. The van der Waals surface area contributed by atoms with Gasteiger partial charge in [0.1, 0.15) is 6.10 Å². The molecule has 2 aliphatic rings. The maximum Gasteiger partial charge on any atom is 0.213 e. The van der Waals surface area contributed by atoms with Crippen LogP contribution < -0.4 is 10.1 Å². The first-order chi connectivity index (χ1) is 11.7. The number of hydrogen-bond acceptors (Lipinski definition) is 4. The molecule has 140 valence electrons. The summed E-state index contributed by atoms with van der Waals surface area (Å²) in [5.41, 5.74) is 0. The van der Waals surface area contributed by atoms with Crippen LogP contribution in [0.3, 0.4) is 0 Å². The molecule has 0 aromatic carbocycles. The number of guanidine groups is 1. The number of ether oxygens (including phenoxy) is 1. The predicted octanol–water partition coefficient (Wildman–Crippen LogP) is 2.07. The third-order valence-electron chi connectivity index (χ3n) is 4.69. The van der Waals surface area contributed by atoms with E-state index in [4.69, 9.17) is 9.73 Å². The maximum absolute atomic E-state index is 5.98. The van der Waals surface area contributed by atoms with Gasteiger partial charge in [-0.25, -0.2) is 4.98 Å². The zero-order valence-electron chi connectivity index (χ0n) is 15.2. The highest BCUT2D eigenvalue weighted by atomic mass is 127. The number of nitrogens with one attached hydrogen (secondary N) is 1. The first-order valence-electron chi connectivity index (χ1n) is 9.04. The second-order valence-corrected chi connectivity index (χ2v) is 6.75. The summed E-state index contributed by atoms with van der Waals surface area (Å²) in [7, 11) is 2.19. The number of halogens is 1. The average molecular weight is 459 g/mol. The molecular formula is C18H30IN5O. The molecule has 0 bridgehead atoms. The lowest BCUT2D eigenvalue weighted by atomic mass is 10.1. The highest BCUT2D eigenvalue weighted by Crippen LogP contribution is 2.17. The van der Waals surface area contributed by atoms with Crippen LogP contribution in [-0.2, 0) is 0 Å². The molecule has 1 N–H and O–H groups in total. The molecule has 3 heterocycles. The van der Waals surface area contributed by atoms with Crippen LogP contribution >= 0.6 is 24.0 Å². The van der Waals surface area contributed by atoms with E-state index in [9.17, 15) is 0 Å². The Morgan fingerprint density at radius 3 is 2.88 bits per heavy atom. The Morgan fingerprint density at radius 1 is 1.32 bits per heavy atom. The summed E-state index contributed by atoms with van der Waals surface area (Å²) < 4.78 is 5.98. The van der Waals surface area contributed by atoms with Crippen LogP contribution in [0.4, 0.5) is 0 Å². The van der Waals surface area contributed by atoms with Crippen molar-refractivity contribution in [2.45, 2.75) is 25.9 Å². The Morgan fingerprint density at radius 2 is 2.20 bits per heavy atom. The van der Waals surface area contributed by atoms with Crippen LogP contribution in [0.25, 0.3) is 0 Å². The number of pyridine rings is 1. The van der Waals surface area contributed by atoms with Crippen molar-refractivity contribution in [2.24, 2.45) is 10.9 Å². The number of nitrogens with zero attached hydrogens (tertiary/aromatic N) is 4. The van der Waals surface area contributed by atoms with Gasteiger partial charge >= 0.3 is 0 Å². The summed E-state index contributed by atoms with van der Waals surface area (Å²) in [5, 5.41) is 3.44. The molecule has 0 aliphatic carbocycles. The van der Waals surface area contributed by atoms with Crippen LogP contribution in [0.2, 0.25) is 0 Å². The Bertz CT molecular complexity index is 542. The number of likely N-dealkylation sites (tertiary alicyclic amines) is 2. The van der Waals surface area contributed by atoms with E-state index in [1.165, 1.54) is 13.0 Å². The molecule has 7 heteroatoms. The molecule has 2 unspecified atom stereocenters. The Kier molecular flexibility index (Phi) is 8.21. The molecule has 25 heavy (non-hydrogen) atoms. The molecule has 2 fully saturated rings. The first-order valence-corrected chi connectivity index (χ1v) is 9.04. The number of rotatable bonds is 5. The molecule has 2 aliphatic heterocycles. The lowest BCUT2D eigenvalue weighted by Crippen LogP contribution is -2.41. The van der Waals surface area contributed by atoms with Crippen molar-refractivity contribution in [1.29, 1.82) is 0 Å². The van der Waals surface area contributed by atoms with Gasteiger partial charge in [0.2, 0.25) is 5.88 Å². The topological polar surface area (TPSA) is 53.0 Å². The van der Waals surface area contributed by atoms with Crippen molar-refractivity contribution in [3.8, 4) is 5.88 Å². The predicted molar refractivity (Wildman–Crippen MR) is 112 cm³/mol. The fourth-order valence-electron chi connectivity index (χ4n) is 3.42. The minimum absolute atomic E-state index is 0. The standard InChI is InChI=1S/C18H29N5O.HI/c1-3-19-18(21-12-15-7-10-22(2)13-15)23-11-8-16(14-23)24-17-6-4-5-9-20-17;/h4-6,9,15-16H,3,7-8,10-14H2,1-2H3,(H,19,21);1H. The van der Waals surface area contributed by atoms with Gasteiger partial charge in [0, 0.05) is 44.9 Å². The molecule has 0 amide bonds. The second-order valence-electron chi connectivity index (χ2n) is 6.75. The normalized spacial score (nSPS) is 24.2. The Balaban J connectivity index is 0.00000225. The van der Waals surface area contributed by atoms with Gasteiger partial charge in [-0.15, -0.1) is 24.0 Å². The minimum atomic E-state index is 0. The van der Waals surface area contributed by atoms with E-state index in [-0.39, 0.29) is 30.1 Å². The van der Waals surface area contributed by atoms with Gasteiger partial charge in [-0.3, -0.25) is 4.99 Å². The van der Waals surface area contributed by atoms with Crippen molar-refractivity contribution in [1.82, 2.24) is 20.1 Å². The summed E-state index contributed by atoms with van der Waals surface area (Å²) in [6, 6.07) is 5.78. The van der Waals surface area contributed by atoms with Crippen LogP contribution in [0.1, 0.15) is 19.8 Å². The van der Waals surface area contributed by atoms with Crippen LogP contribution in [0.15, 0.2) is 29.4 Å². The number of hydrogen-bond donors (Lipinski definition) is 1. The SMILES string of the molecule is CCNC(=NCC1CCN(C)C1)N1CCC(Oc2ccccn2)C1.I. The molecule has 1 aromatic heterocycles. The summed E-state index contributed by atoms with van der Waals surface area (Å²) in [4.78, 5) is 13.8. The van der Waals surface area contributed by atoms with Crippen LogP contribution in [-0.4, -0.2) is 73.2 Å². The molecule has 0 radical (unpaired) electrons. The van der Waals surface area contributed by atoms with Gasteiger partial charge in [-0.2, -0.15) is 0 Å². The highest BCUT2D eigenvalue weighted by molar-refractivity contribution is 14.0. The number of aliphatic imine (C=N–C) groups is 1. The smallest absolute Gasteiger partial charge is 0.213 e. The van der Waals surface area contributed by atoms with E-state index < -0.39 is 0 Å². The van der Waals surface area contributed by atoms with Crippen LogP contribution in [0.5, 0.6) is 5.88 Å². The van der Waals surface area contributed by atoms with Gasteiger partial charge in [-0.1, -0.05) is 6.07 Å². The summed E-state index contributed by atoms with van der Waals surface area (Å²) in [5.74, 6) is 2.42. The van der Waals surface area contributed by atoms with Crippen molar-refractivity contribution >= 4 is 29.9 Å². The van der Waals surface area contributed by atoms with Crippen molar-refractivity contribution in [3.63, 3.8) is 0 Å². The minimum Gasteiger partial charge on any atom is -0.472 e. The Labute approximate surface area is 168 Å². The monoisotopic (exact) mass is 459 g/mol. The van der Waals surface area contributed by atoms with Gasteiger partial charge in [0.05, 0.1) is 6.54 Å². The molecule has 2 saturated heterocycles. The second kappa shape index (κ2) is 10.2. The van der Waals surface area contributed by atoms with E-state index in [2.05, 4.69) is 34.1 Å². The third-order valence-corrected chi connectivity index (χ3v) is 4.69. The molecule has 0 saturated carbocycles. The van der Waals surface area contributed by atoms with E-state index in [1.54, 1.807) is 6.20 Å². The van der Waals surface area contributed by atoms with Crippen molar-refractivity contribution < 1.29 is 4.74 Å². The molecule has 6 nitrogen and oxygen atoms in total. The summed E-state index contributed by atoms with van der Waals surface area (Å²) in [6.07, 6.45) is 4.21. The first kappa shape index (κ1) is 20.2. The average Bonchev–Trinajstić information content (AvgIpc) is 3.22. The molecule has 3 rings (SSSR count). The number of aromatic nitrogens is 1. The van der Waals surface area contributed by atoms with E-state index >= 15 is 0 Å². The summed E-state index contributed by atoms with van der Waals surface area (Å²) >= 11 is 0. The van der Waals surface area contributed by atoms with Crippen LogP contribution in [0, 0.1) is 5.92 Å². The Hall–Kier alpha value is -1.09. The fourth-order valence-corrected chi connectivity index (χ4v) is 3.42. The van der Waals surface area contributed by atoms with E-state index in [0.717, 1.165) is 45.1 Å². The molecule has 0 spiro atoms. The highest BCUT2D eigenvalue weighted by Gasteiger charge is 2.27. The van der Waals surface area contributed by atoms with Gasteiger partial charge < -0.3 is 19.9 Å². The molecule has 1 aromatic rings. The zero-order valence-corrected chi connectivity index (χ0v) is 17.6. The quantitative estimate of drug-likeness (QED) is 0.415. The third kappa shape index (κ3) is 5.99. The lowest BCUT2D eigenvalue weighted by molar-refractivity contribution is 0.205. The van der Waals surface area contributed by atoms with Crippen molar-refractivity contribution in [2.75, 3.05) is 46.3 Å². The zero-order chi connectivity index (χ0) is 16.8. The molecular weight excluding hydrogens is 429 g/mol. The van der Waals surface area contributed by atoms with E-state index in [0.29, 0.717) is 11.8 Å². The van der Waals surface area contributed by atoms with Crippen molar-refractivity contribution in [3.05, 3.63) is 24.4 Å². The van der Waals surface area contributed by atoms with Gasteiger partial charge in [0.25, 0.3) is 0 Å². The van der Waals surface area contributed by atoms with Gasteiger partial charge in [-0.05, 0) is 38.9 Å². The fraction of sp³-hybridized carbons (Fsp3) is 0.667. The largest absolute Gasteiger partial charge is 0.472 e.